The third kappa shape index (κ3) is 3.38. The third-order valence-corrected chi connectivity index (χ3v) is 3.10. The fourth-order valence-corrected chi connectivity index (χ4v) is 2.28. The highest BCUT2D eigenvalue weighted by Crippen LogP contribution is 2.11. The average Bonchev–Trinajstić information content (AvgIpc) is 2.34. The van der Waals surface area contributed by atoms with Crippen LogP contribution in [0.3, 0.4) is 0 Å². The Morgan fingerprint density at radius 3 is 2.79 bits per heavy atom. The van der Waals surface area contributed by atoms with Gasteiger partial charge in [0, 0.05) is 17.7 Å². The molecule has 0 saturated carbocycles. The van der Waals surface area contributed by atoms with Gasteiger partial charge in [-0.15, -0.1) is 0 Å². The molecule has 5 heteroatoms. The van der Waals surface area contributed by atoms with Crippen LogP contribution in [0.1, 0.15) is 30.2 Å². The normalized spacial score (nSPS) is 10.6. The zero-order chi connectivity index (χ0) is 13.8. The minimum absolute atomic E-state index is 0.198. The first-order valence-corrected chi connectivity index (χ1v) is 6.59. The molecule has 0 aliphatic rings. The quantitative estimate of drug-likeness (QED) is 0.844. The predicted molar refractivity (Wildman–Crippen MR) is 75.4 cm³/mol. The zero-order valence-corrected chi connectivity index (χ0v) is 11.4. The van der Waals surface area contributed by atoms with E-state index in [1.54, 1.807) is 12.1 Å². The minimum atomic E-state index is -0.296. The van der Waals surface area contributed by atoms with Crippen molar-refractivity contribution in [2.75, 3.05) is 0 Å². The van der Waals surface area contributed by atoms with E-state index < -0.39 is 0 Å². The maximum absolute atomic E-state index is 13.2. The molecular formula is C14H15FN2OS. The number of aryl methyl sites for hydroxylation is 1. The molecule has 2 rings (SSSR count). The van der Waals surface area contributed by atoms with Gasteiger partial charge >= 0.3 is 0 Å². The summed E-state index contributed by atoms with van der Waals surface area (Å²) in [6, 6.07) is 6.28. The van der Waals surface area contributed by atoms with Gasteiger partial charge in [0.05, 0.1) is 0 Å². The summed E-state index contributed by atoms with van der Waals surface area (Å²) >= 11 is 4.98. The van der Waals surface area contributed by atoms with Crippen LogP contribution in [0.15, 0.2) is 29.1 Å². The van der Waals surface area contributed by atoms with Crippen LogP contribution in [0.5, 0.6) is 0 Å². The second kappa shape index (κ2) is 5.93. The Kier molecular flexibility index (Phi) is 4.27. The number of hydrogen-bond donors (Lipinski definition) is 2. The number of benzene rings is 1. The molecule has 0 amide bonds. The van der Waals surface area contributed by atoms with Crippen molar-refractivity contribution in [1.29, 1.82) is 0 Å². The number of hydrogen-bond acceptors (Lipinski definition) is 2. The number of aromatic nitrogens is 2. The van der Waals surface area contributed by atoms with Crippen LogP contribution in [0.2, 0.25) is 0 Å². The molecular weight excluding hydrogens is 263 g/mol. The lowest BCUT2D eigenvalue weighted by Gasteiger charge is -2.08. The summed E-state index contributed by atoms with van der Waals surface area (Å²) in [6.07, 6.45) is 2.05. The summed E-state index contributed by atoms with van der Waals surface area (Å²) in [5, 5.41) is 0. The lowest BCUT2D eigenvalue weighted by Crippen LogP contribution is -2.18. The number of nitrogens with one attached hydrogen (secondary N) is 2. The van der Waals surface area contributed by atoms with E-state index in [4.69, 9.17) is 12.2 Å². The van der Waals surface area contributed by atoms with Crippen molar-refractivity contribution in [2.45, 2.75) is 26.2 Å². The third-order valence-electron chi connectivity index (χ3n) is 2.90. The fraction of sp³-hybridized carbons (Fsp3) is 0.286. The smallest absolute Gasteiger partial charge is 0.255 e. The van der Waals surface area contributed by atoms with E-state index in [0.29, 0.717) is 16.8 Å². The van der Waals surface area contributed by atoms with Gasteiger partial charge in [0.15, 0.2) is 4.77 Å². The summed E-state index contributed by atoms with van der Waals surface area (Å²) < 4.78 is 13.5. The summed E-state index contributed by atoms with van der Waals surface area (Å²) in [5.74, 6) is -0.296. The Morgan fingerprint density at radius 1 is 1.32 bits per heavy atom. The van der Waals surface area contributed by atoms with Crippen molar-refractivity contribution >= 4 is 12.2 Å². The van der Waals surface area contributed by atoms with Crippen molar-refractivity contribution in [2.24, 2.45) is 0 Å². The van der Waals surface area contributed by atoms with Gasteiger partial charge in [0.2, 0.25) is 0 Å². The molecule has 0 aliphatic carbocycles. The molecule has 0 atom stereocenters. The molecule has 1 heterocycles. The molecule has 2 N–H and O–H groups in total. The van der Waals surface area contributed by atoms with Crippen molar-refractivity contribution in [3.63, 3.8) is 0 Å². The first-order valence-electron chi connectivity index (χ1n) is 6.19. The SMILES string of the molecule is CCCc1[nH]c(=S)[nH]c(=O)c1Cc1cccc(F)c1. The molecule has 100 valence electrons. The first kappa shape index (κ1) is 13.7. The van der Waals surface area contributed by atoms with E-state index in [1.807, 2.05) is 6.92 Å². The Bertz CT molecular complexity index is 690. The van der Waals surface area contributed by atoms with Crippen LogP contribution in [-0.4, -0.2) is 9.97 Å². The monoisotopic (exact) mass is 278 g/mol. The fourth-order valence-electron chi connectivity index (χ4n) is 2.06. The standard InChI is InChI=1S/C14H15FN2OS/c1-2-4-12-11(13(18)17-14(19)16-12)8-9-5-3-6-10(15)7-9/h3,5-7H,2,4,8H2,1H3,(H2,16,17,18,19). The van der Waals surface area contributed by atoms with E-state index in [-0.39, 0.29) is 11.4 Å². The second-order valence-electron chi connectivity index (χ2n) is 4.42. The Morgan fingerprint density at radius 2 is 2.11 bits per heavy atom. The molecule has 0 radical (unpaired) electrons. The minimum Gasteiger partial charge on any atom is -0.336 e. The van der Waals surface area contributed by atoms with E-state index in [9.17, 15) is 9.18 Å². The van der Waals surface area contributed by atoms with Gasteiger partial charge in [-0.3, -0.25) is 9.78 Å². The Hall–Kier alpha value is -1.75. The highest BCUT2D eigenvalue weighted by atomic mass is 32.1. The number of rotatable bonds is 4. The van der Waals surface area contributed by atoms with Gasteiger partial charge < -0.3 is 4.98 Å². The van der Waals surface area contributed by atoms with Crippen molar-refractivity contribution < 1.29 is 4.39 Å². The van der Waals surface area contributed by atoms with Crippen molar-refractivity contribution in [3.05, 3.63) is 62.0 Å². The summed E-state index contributed by atoms with van der Waals surface area (Å²) in [4.78, 5) is 17.6. The van der Waals surface area contributed by atoms with Crippen LogP contribution in [-0.2, 0) is 12.8 Å². The topological polar surface area (TPSA) is 48.6 Å². The largest absolute Gasteiger partial charge is 0.336 e. The van der Waals surface area contributed by atoms with Crippen molar-refractivity contribution in [1.82, 2.24) is 9.97 Å². The Balaban J connectivity index is 2.44. The zero-order valence-electron chi connectivity index (χ0n) is 10.6. The van der Waals surface area contributed by atoms with Gasteiger partial charge in [0.25, 0.3) is 5.56 Å². The van der Waals surface area contributed by atoms with E-state index in [1.165, 1.54) is 12.1 Å². The van der Waals surface area contributed by atoms with Gasteiger partial charge in [-0.25, -0.2) is 4.39 Å². The summed E-state index contributed by atoms with van der Waals surface area (Å²) in [5.41, 5.74) is 2.03. The van der Waals surface area contributed by atoms with Crippen molar-refractivity contribution in [3.8, 4) is 0 Å². The second-order valence-corrected chi connectivity index (χ2v) is 4.83. The summed E-state index contributed by atoms with van der Waals surface area (Å²) in [7, 11) is 0. The molecule has 0 fully saturated rings. The van der Waals surface area contributed by atoms with Gasteiger partial charge in [-0.05, 0) is 36.3 Å². The maximum atomic E-state index is 13.2. The van der Waals surface area contributed by atoms with E-state index in [2.05, 4.69) is 9.97 Å². The number of halogens is 1. The van der Waals surface area contributed by atoms with Gasteiger partial charge in [0.1, 0.15) is 5.82 Å². The van der Waals surface area contributed by atoms with E-state index >= 15 is 0 Å². The number of aromatic amines is 2. The van der Waals surface area contributed by atoms with Gasteiger partial charge in [-0.1, -0.05) is 25.5 Å². The molecule has 0 unspecified atom stereocenters. The molecule has 3 nitrogen and oxygen atoms in total. The molecule has 0 saturated heterocycles. The first-order chi connectivity index (χ1) is 9.10. The van der Waals surface area contributed by atoms with Crippen LogP contribution < -0.4 is 5.56 Å². The highest BCUT2D eigenvalue weighted by molar-refractivity contribution is 7.71. The lowest BCUT2D eigenvalue weighted by atomic mass is 10.0. The molecule has 1 aromatic heterocycles. The molecule has 19 heavy (non-hydrogen) atoms. The highest BCUT2D eigenvalue weighted by Gasteiger charge is 2.09. The molecule has 1 aromatic carbocycles. The molecule has 0 bridgehead atoms. The predicted octanol–water partition coefficient (Wildman–Crippen LogP) is 3.11. The lowest BCUT2D eigenvalue weighted by molar-refractivity contribution is 0.626. The summed E-state index contributed by atoms with van der Waals surface area (Å²) in [6.45, 7) is 2.03. The molecule has 0 aliphatic heterocycles. The van der Waals surface area contributed by atoms with Gasteiger partial charge in [-0.2, -0.15) is 0 Å². The average molecular weight is 278 g/mol. The van der Waals surface area contributed by atoms with Crippen LogP contribution in [0, 0.1) is 10.6 Å². The van der Waals surface area contributed by atoms with Crippen LogP contribution in [0.4, 0.5) is 4.39 Å². The number of H-pyrrole nitrogens is 2. The molecule has 2 aromatic rings. The maximum Gasteiger partial charge on any atom is 0.255 e. The van der Waals surface area contributed by atoms with E-state index in [0.717, 1.165) is 24.1 Å². The molecule has 0 spiro atoms. The van der Waals surface area contributed by atoms with Crippen LogP contribution >= 0.6 is 12.2 Å². The Labute approximate surface area is 115 Å². The van der Waals surface area contributed by atoms with Crippen LogP contribution in [0.25, 0.3) is 0 Å².